The van der Waals surface area contributed by atoms with E-state index in [4.69, 9.17) is 15.5 Å². The lowest BCUT2D eigenvalue weighted by atomic mass is 9.80. The van der Waals surface area contributed by atoms with Crippen LogP contribution in [-0.2, 0) is 4.57 Å². The number of aromatic nitrogens is 2. The molecule has 3 fully saturated rings. The van der Waals surface area contributed by atoms with Crippen LogP contribution >= 0.6 is 23.1 Å². The number of nitrogens with two attached hydrogens (primary N) is 1. The van der Waals surface area contributed by atoms with E-state index in [-0.39, 0.29) is 23.8 Å². The molecular formula is C29H42BrN10O2P. The van der Waals surface area contributed by atoms with Gasteiger partial charge in [0.1, 0.15) is 11.6 Å². The van der Waals surface area contributed by atoms with Crippen LogP contribution in [0.15, 0.2) is 32.8 Å². The molecule has 1 aromatic carbocycles. The molecule has 0 spiro atoms. The highest BCUT2D eigenvalue weighted by Gasteiger charge is 2.56. The molecule has 0 amide bonds. The minimum Gasteiger partial charge on any atom is -0.494 e. The highest BCUT2D eigenvalue weighted by atomic mass is 79.9. The van der Waals surface area contributed by atoms with Gasteiger partial charge in [-0.3, -0.25) is 14.9 Å². The van der Waals surface area contributed by atoms with E-state index in [1.165, 1.54) is 0 Å². The number of ether oxygens (including phenoxy) is 1. The lowest BCUT2D eigenvalue weighted by molar-refractivity contribution is 0.0982. The third kappa shape index (κ3) is 6.27. The average Bonchev–Trinajstić information content (AvgIpc) is 3.33. The van der Waals surface area contributed by atoms with Crippen molar-refractivity contribution < 1.29 is 9.30 Å². The maximum Gasteiger partial charge on any atom is 0.229 e. The summed E-state index contributed by atoms with van der Waals surface area (Å²) in [5.74, 6) is 1.67. The first-order valence-electron chi connectivity index (χ1n) is 14.9. The molecule has 0 radical (unpaired) electrons. The van der Waals surface area contributed by atoms with Gasteiger partial charge in [0.15, 0.2) is 0 Å². The molecule has 1 aromatic heterocycles. The Bertz CT molecular complexity index is 1410. The number of methoxy groups -OCH3 is 1. The van der Waals surface area contributed by atoms with E-state index in [1.807, 2.05) is 25.5 Å². The lowest BCUT2D eigenvalue weighted by Crippen LogP contribution is -2.64. The predicted octanol–water partition coefficient (Wildman–Crippen LogP) is 3.47. The Kier molecular flexibility index (Phi) is 8.70. The minimum absolute atomic E-state index is 0.0819. The Morgan fingerprint density at radius 1 is 1.05 bits per heavy atom. The van der Waals surface area contributed by atoms with Crippen molar-refractivity contribution in [1.82, 2.24) is 19.8 Å². The second-order valence-electron chi connectivity index (χ2n) is 12.4. The first kappa shape index (κ1) is 30.3. The molecule has 4 atom stereocenters. The number of nitrogens with zero attached hydrogens (tertiary/aromatic N) is 7. The molecule has 4 N–H and O–H groups in total. The molecule has 3 aliphatic heterocycles. The molecule has 14 heteroatoms. The average molecular weight is 674 g/mol. The van der Waals surface area contributed by atoms with E-state index in [9.17, 15) is 4.57 Å². The number of halogens is 1. The topological polar surface area (TPSA) is 137 Å². The Morgan fingerprint density at radius 2 is 1.72 bits per heavy atom. The van der Waals surface area contributed by atoms with Gasteiger partial charge in [0.25, 0.3) is 0 Å². The Hall–Kier alpha value is -2.73. The molecule has 2 bridgehead atoms. The molecule has 12 nitrogen and oxygen atoms in total. The first-order valence-corrected chi connectivity index (χ1v) is 18.4. The van der Waals surface area contributed by atoms with Gasteiger partial charge in [-0.25, -0.2) is 4.98 Å². The van der Waals surface area contributed by atoms with Crippen molar-refractivity contribution >= 4 is 64.3 Å². The summed E-state index contributed by atoms with van der Waals surface area (Å²) in [6.45, 7) is 10.1. The maximum absolute atomic E-state index is 12.9. The number of fused-ring (bicyclic) bond motifs is 2. The number of likely N-dealkylation sites (N-methyl/N-ethyl adjacent to an activating group) is 1. The van der Waals surface area contributed by atoms with Crippen LogP contribution in [0.1, 0.15) is 12.8 Å². The SMILES string of the molecule is COc1cc(N2CCC(N3CCN(C)CC3)CC2)c(N)cc1Nc1ncc(Br)c(NC2C3N=CC=N[C@@H]2C3P(C)(C)=O)n1. The van der Waals surface area contributed by atoms with E-state index < -0.39 is 7.14 Å². The highest BCUT2D eigenvalue weighted by molar-refractivity contribution is 9.10. The Morgan fingerprint density at radius 3 is 2.35 bits per heavy atom. The summed E-state index contributed by atoms with van der Waals surface area (Å²) in [4.78, 5) is 25.9. The second-order valence-corrected chi connectivity index (χ2v) is 16.7. The summed E-state index contributed by atoms with van der Waals surface area (Å²) in [6.07, 6.45) is 7.35. The number of benzene rings is 1. The number of hydrogen-bond acceptors (Lipinski definition) is 12. The quantitative estimate of drug-likeness (QED) is 0.282. The summed E-state index contributed by atoms with van der Waals surface area (Å²) in [5, 5.41) is 6.78. The van der Waals surface area contributed by atoms with Gasteiger partial charge in [-0.05, 0) is 55.2 Å². The molecule has 1 saturated carbocycles. The van der Waals surface area contributed by atoms with Gasteiger partial charge in [-0.2, -0.15) is 4.98 Å². The Labute approximate surface area is 262 Å². The molecule has 6 rings (SSSR count). The van der Waals surface area contributed by atoms with Gasteiger partial charge in [0.05, 0.1) is 59.6 Å². The number of anilines is 5. The number of piperazine rings is 1. The van der Waals surface area contributed by atoms with Crippen molar-refractivity contribution in [3.05, 3.63) is 22.8 Å². The van der Waals surface area contributed by atoms with Gasteiger partial charge < -0.3 is 35.5 Å². The number of piperidine rings is 1. The van der Waals surface area contributed by atoms with Crippen LogP contribution in [-0.4, -0.2) is 129 Å². The highest BCUT2D eigenvalue weighted by Crippen LogP contribution is 2.55. The van der Waals surface area contributed by atoms with Crippen LogP contribution < -0.4 is 26.0 Å². The monoisotopic (exact) mass is 672 g/mol. The second kappa shape index (κ2) is 12.3. The van der Waals surface area contributed by atoms with Gasteiger partial charge in [0.2, 0.25) is 5.95 Å². The van der Waals surface area contributed by atoms with Gasteiger partial charge in [-0.15, -0.1) is 0 Å². The summed E-state index contributed by atoms with van der Waals surface area (Å²) in [6, 6.07) is 4.16. The van der Waals surface area contributed by atoms with E-state index in [0.717, 1.165) is 57.8 Å². The Balaban J connectivity index is 1.14. The minimum atomic E-state index is -2.38. The first-order chi connectivity index (χ1) is 20.6. The zero-order chi connectivity index (χ0) is 30.3. The molecule has 2 saturated heterocycles. The third-order valence-electron chi connectivity index (χ3n) is 9.24. The molecule has 232 valence electrons. The van der Waals surface area contributed by atoms with Crippen molar-refractivity contribution in [2.75, 3.05) is 88.0 Å². The molecule has 4 aliphatic rings. The summed E-state index contributed by atoms with van der Waals surface area (Å²) in [7, 11) is 1.48. The fourth-order valence-electron chi connectivity index (χ4n) is 6.82. The number of aliphatic imine (C=N–C) groups is 2. The van der Waals surface area contributed by atoms with Crippen molar-refractivity contribution in [1.29, 1.82) is 0 Å². The fraction of sp³-hybridized carbons (Fsp3) is 0.586. The van der Waals surface area contributed by atoms with E-state index >= 15 is 0 Å². The maximum atomic E-state index is 12.9. The largest absolute Gasteiger partial charge is 0.494 e. The molecule has 1 aliphatic carbocycles. The summed E-state index contributed by atoms with van der Waals surface area (Å²) < 4.78 is 19.4. The van der Waals surface area contributed by atoms with Crippen LogP contribution in [0.4, 0.5) is 28.8 Å². The van der Waals surface area contributed by atoms with Crippen molar-refractivity contribution in [2.45, 2.75) is 42.7 Å². The standard InChI is InChI=1S/C29H42BrN10O2P/c1-38-11-13-39(14-12-38)18-5-9-40(10-6-18)22-16-23(42-2)21(15-20(22)31)35-29-34-17-19(30)28(37-29)36-24-25-27(43(3,4)41)26(24)33-8-7-32-25/h7-8,15-18,24-27H,5-6,9-14,31H2,1-4H3,(H2,34,35,36,37)/t24?,25-,26?,27?/m0/s1. The van der Waals surface area contributed by atoms with Gasteiger partial charge in [0, 0.05) is 70.0 Å². The molecular weight excluding hydrogens is 631 g/mol. The fourth-order valence-corrected chi connectivity index (χ4v) is 9.12. The number of nitrogens with one attached hydrogen (secondary N) is 2. The molecule has 2 aromatic rings. The lowest BCUT2D eigenvalue weighted by Gasteiger charge is -2.49. The predicted molar refractivity (Wildman–Crippen MR) is 180 cm³/mol. The van der Waals surface area contributed by atoms with Gasteiger partial charge >= 0.3 is 0 Å². The number of rotatable bonds is 8. The van der Waals surface area contributed by atoms with Crippen molar-refractivity contribution in [3.63, 3.8) is 0 Å². The van der Waals surface area contributed by atoms with Crippen molar-refractivity contribution in [3.8, 4) is 5.75 Å². The van der Waals surface area contributed by atoms with Gasteiger partial charge in [-0.1, -0.05) is 0 Å². The summed E-state index contributed by atoms with van der Waals surface area (Å²) in [5.41, 5.74) is 8.90. The number of hydrogen-bond donors (Lipinski definition) is 3. The third-order valence-corrected chi connectivity index (χ3v) is 11.9. The van der Waals surface area contributed by atoms with Crippen molar-refractivity contribution in [2.24, 2.45) is 9.98 Å². The zero-order valence-electron chi connectivity index (χ0n) is 25.3. The zero-order valence-corrected chi connectivity index (χ0v) is 27.8. The molecule has 43 heavy (non-hydrogen) atoms. The van der Waals surface area contributed by atoms with E-state index in [1.54, 1.807) is 25.7 Å². The summed E-state index contributed by atoms with van der Waals surface area (Å²) >= 11 is 3.57. The van der Waals surface area contributed by atoms with Crippen LogP contribution in [0.3, 0.4) is 0 Å². The molecule has 3 unspecified atom stereocenters. The van der Waals surface area contributed by atoms with E-state index in [2.05, 4.69) is 63.3 Å². The molecule has 4 heterocycles. The van der Waals surface area contributed by atoms with Crippen LogP contribution in [0, 0.1) is 0 Å². The van der Waals surface area contributed by atoms with Crippen LogP contribution in [0.5, 0.6) is 5.75 Å². The van der Waals surface area contributed by atoms with Crippen LogP contribution in [0.2, 0.25) is 0 Å². The van der Waals surface area contributed by atoms with Crippen LogP contribution in [0.25, 0.3) is 0 Å². The normalized spacial score (nSPS) is 26.6. The van der Waals surface area contributed by atoms with E-state index in [0.29, 0.717) is 39.4 Å². The number of nitrogen functional groups attached to an aromatic ring is 1. The smallest absolute Gasteiger partial charge is 0.229 e.